The van der Waals surface area contributed by atoms with E-state index in [1.807, 2.05) is 0 Å². The maximum absolute atomic E-state index is 11.5. The van der Waals surface area contributed by atoms with Crippen LogP contribution in [0.4, 0.5) is 10.5 Å². The van der Waals surface area contributed by atoms with E-state index in [1.54, 1.807) is 39.0 Å². The van der Waals surface area contributed by atoms with Crippen molar-refractivity contribution in [1.29, 1.82) is 0 Å². The molecule has 88 valence electrons. The molecule has 0 aliphatic heterocycles. The van der Waals surface area contributed by atoms with Crippen molar-refractivity contribution in [3.63, 3.8) is 0 Å². The minimum atomic E-state index is -0.530. The molecule has 0 bridgehead atoms. The molecule has 1 rings (SSSR count). The van der Waals surface area contributed by atoms with Crippen LogP contribution in [0.25, 0.3) is 0 Å². The summed E-state index contributed by atoms with van der Waals surface area (Å²) in [5.74, 6) is 0. The van der Waals surface area contributed by atoms with Gasteiger partial charge >= 0.3 is 6.09 Å². The first kappa shape index (κ1) is 13.3. The molecule has 1 aromatic rings. The lowest BCUT2D eigenvalue weighted by molar-refractivity contribution is 0.0636. The highest BCUT2D eigenvalue weighted by molar-refractivity contribution is 9.10. The molecule has 0 aliphatic carbocycles. The summed E-state index contributed by atoms with van der Waals surface area (Å²) in [7, 11) is 0. The van der Waals surface area contributed by atoms with Crippen molar-refractivity contribution in [2.75, 3.05) is 5.32 Å². The molecule has 1 amide bonds. The van der Waals surface area contributed by atoms with E-state index in [2.05, 4.69) is 21.2 Å². The Balaban J connectivity index is 2.78. The number of benzene rings is 1. The monoisotopic (exact) mass is 305 g/mol. The van der Waals surface area contributed by atoms with Gasteiger partial charge in [-0.05, 0) is 48.8 Å². The molecule has 0 saturated heterocycles. The quantitative estimate of drug-likeness (QED) is 0.832. The van der Waals surface area contributed by atoms with E-state index in [0.717, 1.165) is 0 Å². The number of anilines is 1. The van der Waals surface area contributed by atoms with E-state index in [-0.39, 0.29) is 0 Å². The van der Waals surface area contributed by atoms with Gasteiger partial charge in [0.05, 0.1) is 10.7 Å². The van der Waals surface area contributed by atoms with Crippen LogP contribution in [0.5, 0.6) is 0 Å². The van der Waals surface area contributed by atoms with Crippen molar-refractivity contribution in [2.24, 2.45) is 0 Å². The number of amides is 1. The van der Waals surface area contributed by atoms with Gasteiger partial charge in [-0.25, -0.2) is 4.79 Å². The number of ether oxygens (including phenoxy) is 1. The molecule has 0 fully saturated rings. The normalized spacial score (nSPS) is 11.1. The van der Waals surface area contributed by atoms with Gasteiger partial charge in [-0.2, -0.15) is 0 Å². The lowest BCUT2D eigenvalue weighted by atomic mass is 10.2. The molecule has 16 heavy (non-hydrogen) atoms. The fourth-order valence-electron chi connectivity index (χ4n) is 1.02. The number of para-hydroxylation sites is 1. The van der Waals surface area contributed by atoms with Gasteiger partial charge in [-0.3, -0.25) is 5.32 Å². The van der Waals surface area contributed by atoms with Crippen LogP contribution in [0.3, 0.4) is 0 Å². The van der Waals surface area contributed by atoms with Crippen LogP contribution in [-0.2, 0) is 4.74 Å². The SMILES string of the molecule is CC(C)(C)OC(=O)Nc1c(Cl)cccc1Br. The van der Waals surface area contributed by atoms with E-state index < -0.39 is 11.7 Å². The highest BCUT2D eigenvalue weighted by atomic mass is 79.9. The fraction of sp³-hybridized carbons (Fsp3) is 0.364. The Morgan fingerprint density at radius 1 is 1.44 bits per heavy atom. The summed E-state index contributed by atoms with van der Waals surface area (Å²) in [6.45, 7) is 5.40. The molecule has 0 radical (unpaired) electrons. The third kappa shape index (κ3) is 4.02. The zero-order valence-electron chi connectivity index (χ0n) is 9.30. The second-order valence-electron chi connectivity index (χ2n) is 4.22. The molecular formula is C11H13BrClNO2. The van der Waals surface area contributed by atoms with Crippen LogP contribution in [0.15, 0.2) is 22.7 Å². The highest BCUT2D eigenvalue weighted by Crippen LogP contribution is 2.30. The number of halogens is 2. The van der Waals surface area contributed by atoms with Crippen LogP contribution in [0.1, 0.15) is 20.8 Å². The summed E-state index contributed by atoms with van der Waals surface area (Å²) in [5, 5.41) is 3.05. The highest BCUT2D eigenvalue weighted by Gasteiger charge is 2.17. The molecule has 1 N–H and O–H groups in total. The second kappa shape index (κ2) is 5.06. The van der Waals surface area contributed by atoms with Gasteiger partial charge in [-0.15, -0.1) is 0 Å². The standard InChI is InChI=1S/C11H13BrClNO2/c1-11(2,3)16-10(15)14-9-7(12)5-4-6-8(9)13/h4-6H,1-3H3,(H,14,15). The van der Waals surface area contributed by atoms with Gasteiger partial charge in [0.2, 0.25) is 0 Å². The minimum absolute atomic E-state index is 0.459. The summed E-state index contributed by atoms with van der Waals surface area (Å²) in [5.41, 5.74) is -0.0175. The predicted molar refractivity (Wildman–Crippen MR) is 69.0 cm³/mol. The van der Waals surface area contributed by atoms with Gasteiger partial charge in [-0.1, -0.05) is 17.7 Å². The number of carbonyl (C=O) groups is 1. The van der Waals surface area contributed by atoms with Crippen LogP contribution in [-0.4, -0.2) is 11.7 Å². The fourth-order valence-corrected chi connectivity index (χ4v) is 1.82. The van der Waals surface area contributed by atoms with Crippen LogP contribution >= 0.6 is 27.5 Å². The Kier molecular flexibility index (Phi) is 4.21. The van der Waals surface area contributed by atoms with Gasteiger partial charge in [0.15, 0.2) is 0 Å². The molecule has 0 aliphatic rings. The first-order valence-corrected chi connectivity index (χ1v) is 5.91. The van der Waals surface area contributed by atoms with E-state index >= 15 is 0 Å². The minimum Gasteiger partial charge on any atom is -0.444 e. The average molecular weight is 307 g/mol. The maximum Gasteiger partial charge on any atom is 0.412 e. The van der Waals surface area contributed by atoms with E-state index in [1.165, 1.54) is 0 Å². The molecule has 0 heterocycles. The molecule has 0 aromatic heterocycles. The zero-order chi connectivity index (χ0) is 12.3. The Morgan fingerprint density at radius 3 is 2.56 bits per heavy atom. The van der Waals surface area contributed by atoms with Gasteiger partial charge in [0, 0.05) is 4.47 Å². The number of hydrogen-bond acceptors (Lipinski definition) is 2. The van der Waals surface area contributed by atoms with Crippen LogP contribution in [0, 0.1) is 0 Å². The predicted octanol–water partition coefficient (Wildman–Crippen LogP) is 4.45. The molecule has 0 atom stereocenters. The summed E-state index contributed by atoms with van der Waals surface area (Å²) >= 11 is 9.25. The molecule has 0 unspecified atom stereocenters. The number of rotatable bonds is 1. The van der Waals surface area contributed by atoms with Crippen molar-refractivity contribution < 1.29 is 9.53 Å². The Hall–Kier alpha value is -0.740. The molecular weight excluding hydrogens is 293 g/mol. The topological polar surface area (TPSA) is 38.3 Å². The second-order valence-corrected chi connectivity index (χ2v) is 5.49. The molecule has 0 spiro atoms. The number of hydrogen-bond donors (Lipinski definition) is 1. The Morgan fingerprint density at radius 2 is 2.06 bits per heavy atom. The number of nitrogens with one attached hydrogen (secondary N) is 1. The van der Waals surface area contributed by atoms with Crippen molar-refractivity contribution in [3.8, 4) is 0 Å². The van der Waals surface area contributed by atoms with Gasteiger partial charge in [0.1, 0.15) is 5.60 Å². The average Bonchev–Trinajstić information content (AvgIpc) is 2.08. The number of carbonyl (C=O) groups excluding carboxylic acids is 1. The van der Waals surface area contributed by atoms with Crippen LogP contribution in [0.2, 0.25) is 5.02 Å². The summed E-state index contributed by atoms with van der Waals surface area (Å²) < 4.78 is 5.84. The third-order valence-electron chi connectivity index (χ3n) is 1.59. The van der Waals surface area contributed by atoms with Crippen molar-refractivity contribution in [3.05, 3.63) is 27.7 Å². The van der Waals surface area contributed by atoms with Crippen LogP contribution < -0.4 is 5.32 Å². The van der Waals surface area contributed by atoms with E-state index in [4.69, 9.17) is 16.3 Å². The molecule has 5 heteroatoms. The molecule has 0 saturated carbocycles. The lowest BCUT2D eigenvalue weighted by Crippen LogP contribution is -2.27. The van der Waals surface area contributed by atoms with Gasteiger partial charge in [0.25, 0.3) is 0 Å². The first-order valence-electron chi connectivity index (χ1n) is 4.73. The zero-order valence-corrected chi connectivity index (χ0v) is 11.6. The summed E-state index contributed by atoms with van der Waals surface area (Å²) in [4.78, 5) is 11.5. The van der Waals surface area contributed by atoms with Gasteiger partial charge < -0.3 is 4.74 Å². The first-order chi connectivity index (χ1) is 7.29. The van der Waals surface area contributed by atoms with Crippen molar-refractivity contribution >= 4 is 39.3 Å². The largest absolute Gasteiger partial charge is 0.444 e. The molecule has 3 nitrogen and oxygen atoms in total. The third-order valence-corrected chi connectivity index (χ3v) is 2.56. The smallest absolute Gasteiger partial charge is 0.412 e. The molecule has 1 aromatic carbocycles. The van der Waals surface area contributed by atoms with E-state index in [9.17, 15) is 4.79 Å². The van der Waals surface area contributed by atoms with E-state index in [0.29, 0.717) is 15.2 Å². The lowest BCUT2D eigenvalue weighted by Gasteiger charge is -2.20. The van der Waals surface area contributed by atoms with Crippen molar-refractivity contribution in [2.45, 2.75) is 26.4 Å². The summed E-state index contributed by atoms with van der Waals surface area (Å²) in [6.07, 6.45) is -0.527. The Bertz CT molecular complexity index is 381. The maximum atomic E-state index is 11.5. The van der Waals surface area contributed by atoms with Crippen molar-refractivity contribution in [1.82, 2.24) is 0 Å². The summed E-state index contributed by atoms with van der Waals surface area (Å²) in [6, 6.07) is 5.27. The Labute approximate surface area is 108 Å².